The van der Waals surface area contributed by atoms with Crippen LogP contribution in [0.15, 0.2) is 47.6 Å². The quantitative estimate of drug-likeness (QED) is 0.815. The number of aryl methyl sites for hydroxylation is 1. The molecule has 0 saturated heterocycles. The topological polar surface area (TPSA) is 24.9 Å². The van der Waals surface area contributed by atoms with Gasteiger partial charge in [-0.25, -0.2) is 4.39 Å². The number of rotatable bonds is 6. The predicted octanol–water partition coefficient (Wildman–Crippen LogP) is 3.97. The fourth-order valence-corrected chi connectivity index (χ4v) is 3.18. The average molecular weight is 290 g/mol. The molecule has 1 aromatic carbocycles. The highest BCUT2D eigenvalue weighted by Gasteiger charge is 2.15. The zero-order chi connectivity index (χ0) is 14.4. The van der Waals surface area contributed by atoms with Gasteiger partial charge in [0.15, 0.2) is 0 Å². The summed E-state index contributed by atoms with van der Waals surface area (Å²) in [5.74, 6) is 0.545. The number of nitrogens with zero attached hydrogens (tertiary/aromatic N) is 1. The molecule has 1 heterocycles. The van der Waals surface area contributed by atoms with E-state index in [4.69, 9.17) is 0 Å². The minimum Gasteiger partial charge on any atom is -0.309 e. The maximum atomic E-state index is 13.9. The number of nitrogens with one attached hydrogen (secondary N) is 1. The standard InChI is InChI=1S/C16H19FN2S/c1-3-19-15(13-8-9-18-10-14(13)17)11-20-16-7-5-4-6-12(16)2/h4-10,15,19H,3,11H2,1-2H3. The van der Waals surface area contributed by atoms with Gasteiger partial charge in [-0.2, -0.15) is 0 Å². The highest BCUT2D eigenvalue weighted by Crippen LogP contribution is 2.27. The van der Waals surface area contributed by atoms with Gasteiger partial charge in [0.25, 0.3) is 0 Å². The van der Waals surface area contributed by atoms with Crippen LogP contribution in [-0.2, 0) is 0 Å². The number of halogens is 1. The van der Waals surface area contributed by atoms with Crippen molar-refractivity contribution < 1.29 is 4.39 Å². The third-order valence-electron chi connectivity index (χ3n) is 3.13. The van der Waals surface area contributed by atoms with Gasteiger partial charge in [0, 0.05) is 28.5 Å². The van der Waals surface area contributed by atoms with Gasteiger partial charge >= 0.3 is 0 Å². The van der Waals surface area contributed by atoms with Gasteiger partial charge in [-0.1, -0.05) is 25.1 Å². The first kappa shape index (κ1) is 15.0. The van der Waals surface area contributed by atoms with E-state index in [9.17, 15) is 4.39 Å². The van der Waals surface area contributed by atoms with Gasteiger partial charge in [-0.15, -0.1) is 11.8 Å². The summed E-state index contributed by atoms with van der Waals surface area (Å²) in [7, 11) is 0. The molecule has 1 unspecified atom stereocenters. The number of thioether (sulfide) groups is 1. The molecule has 0 bridgehead atoms. The van der Waals surface area contributed by atoms with Crippen LogP contribution >= 0.6 is 11.8 Å². The molecular weight excluding hydrogens is 271 g/mol. The van der Waals surface area contributed by atoms with Crippen molar-refractivity contribution >= 4 is 11.8 Å². The van der Waals surface area contributed by atoms with Gasteiger partial charge < -0.3 is 5.32 Å². The summed E-state index contributed by atoms with van der Waals surface area (Å²) in [5.41, 5.74) is 1.94. The van der Waals surface area contributed by atoms with E-state index in [1.165, 1.54) is 16.7 Å². The molecule has 1 N–H and O–H groups in total. The van der Waals surface area contributed by atoms with E-state index in [1.807, 2.05) is 19.1 Å². The summed E-state index contributed by atoms with van der Waals surface area (Å²) in [6, 6.07) is 10.0. The van der Waals surface area contributed by atoms with Crippen LogP contribution in [0, 0.1) is 12.7 Å². The first-order valence-electron chi connectivity index (χ1n) is 6.73. The van der Waals surface area contributed by atoms with Crippen molar-refractivity contribution in [2.75, 3.05) is 12.3 Å². The van der Waals surface area contributed by atoms with Crippen LogP contribution in [0.4, 0.5) is 4.39 Å². The second-order valence-corrected chi connectivity index (χ2v) is 5.65. The van der Waals surface area contributed by atoms with Crippen LogP contribution in [0.25, 0.3) is 0 Å². The van der Waals surface area contributed by atoms with Gasteiger partial charge in [-0.05, 0) is 31.2 Å². The Morgan fingerprint density at radius 2 is 2.10 bits per heavy atom. The normalized spacial score (nSPS) is 12.3. The van der Waals surface area contributed by atoms with Crippen molar-refractivity contribution in [2.45, 2.75) is 24.8 Å². The third kappa shape index (κ3) is 3.81. The molecule has 4 heteroatoms. The predicted molar refractivity (Wildman–Crippen MR) is 82.5 cm³/mol. The smallest absolute Gasteiger partial charge is 0.146 e. The highest BCUT2D eigenvalue weighted by molar-refractivity contribution is 7.99. The van der Waals surface area contributed by atoms with E-state index in [2.05, 4.69) is 29.4 Å². The number of aromatic nitrogens is 1. The van der Waals surface area contributed by atoms with Gasteiger partial charge in [0.05, 0.1) is 6.20 Å². The molecule has 0 aliphatic heterocycles. The molecule has 1 atom stereocenters. The monoisotopic (exact) mass is 290 g/mol. The van der Waals surface area contributed by atoms with E-state index in [-0.39, 0.29) is 11.9 Å². The van der Waals surface area contributed by atoms with Gasteiger partial charge in [0.2, 0.25) is 0 Å². The lowest BCUT2D eigenvalue weighted by Crippen LogP contribution is -2.24. The Bertz CT molecular complexity index is 560. The van der Waals surface area contributed by atoms with Crippen molar-refractivity contribution in [2.24, 2.45) is 0 Å². The molecule has 0 fully saturated rings. The number of hydrogen-bond donors (Lipinski definition) is 1. The van der Waals surface area contributed by atoms with Crippen LogP contribution < -0.4 is 5.32 Å². The van der Waals surface area contributed by atoms with Crippen molar-refractivity contribution in [3.8, 4) is 0 Å². The molecule has 2 aromatic rings. The zero-order valence-corrected chi connectivity index (χ0v) is 12.6. The molecule has 0 radical (unpaired) electrons. The lowest BCUT2D eigenvalue weighted by Gasteiger charge is -2.19. The van der Waals surface area contributed by atoms with Crippen LogP contribution in [-0.4, -0.2) is 17.3 Å². The summed E-state index contributed by atoms with van der Waals surface area (Å²) >= 11 is 1.75. The number of pyridine rings is 1. The molecule has 0 amide bonds. The summed E-state index contributed by atoms with van der Waals surface area (Å²) in [5, 5.41) is 3.34. The lowest BCUT2D eigenvalue weighted by molar-refractivity contribution is 0.541. The summed E-state index contributed by atoms with van der Waals surface area (Å²) in [6.45, 7) is 4.93. The first-order valence-corrected chi connectivity index (χ1v) is 7.72. The SMILES string of the molecule is CCNC(CSc1ccccc1C)c1ccncc1F. The Balaban J connectivity index is 2.11. The maximum Gasteiger partial charge on any atom is 0.146 e. The maximum absolute atomic E-state index is 13.9. The fraction of sp³-hybridized carbons (Fsp3) is 0.312. The van der Waals surface area contributed by atoms with E-state index < -0.39 is 0 Å². The minimum atomic E-state index is -0.246. The highest BCUT2D eigenvalue weighted by atomic mass is 32.2. The van der Waals surface area contributed by atoms with Gasteiger partial charge in [-0.3, -0.25) is 4.98 Å². The third-order valence-corrected chi connectivity index (χ3v) is 4.40. The van der Waals surface area contributed by atoms with E-state index >= 15 is 0 Å². The fourth-order valence-electron chi connectivity index (χ4n) is 2.07. The van der Waals surface area contributed by atoms with Crippen LogP contribution in [0.2, 0.25) is 0 Å². The molecule has 0 saturated carbocycles. The molecule has 0 aliphatic carbocycles. The number of hydrogen-bond acceptors (Lipinski definition) is 3. The van der Waals surface area contributed by atoms with Crippen molar-refractivity contribution in [3.05, 3.63) is 59.7 Å². The van der Waals surface area contributed by atoms with Crippen LogP contribution in [0.1, 0.15) is 24.1 Å². The molecule has 2 rings (SSSR count). The van der Waals surface area contributed by atoms with Crippen molar-refractivity contribution in [3.63, 3.8) is 0 Å². The molecule has 0 spiro atoms. The van der Waals surface area contributed by atoms with Crippen LogP contribution in [0.5, 0.6) is 0 Å². The molecule has 0 aliphatic rings. The lowest BCUT2D eigenvalue weighted by atomic mass is 10.1. The second-order valence-electron chi connectivity index (χ2n) is 4.58. The van der Waals surface area contributed by atoms with E-state index in [0.717, 1.165) is 12.3 Å². The van der Waals surface area contributed by atoms with E-state index in [0.29, 0.717) is 5.56 Å². The summed E-state index contributed by atoms with van der Waals surface area (Å²) < 4.78 is 13.9. The first-order chi connectivity index (χ1) is 9.72. The molecule has 20 heavy (non-hydrogen) atoms. The van der Waals surface area contributed by atoms with E-state index in [1.54, 1.807) is 24.0 Å². The minimum absolute atomic E-state index is 0.00685. The molecule has 1 aromatic heterocycles. The number of benzene rings is 1. The zero-order valence-electron chi connectivity index (χ0n) is 11.8. The average Bonchev–Trinajstić information content (AvgIpc) is 2.46. The second kappa shape index (κ2) is 7.41. The van der Waals surface area contributed by atoms with Gasteiger partial charge in [0.1, 0.15) is 5.82 Å². The Morgan fingerprint density at radius 3 is 2.80 bits per heavy atom. The molecule has 106 valence electrons. The van der Waals surface area contributed by atoms with Crippen molar-refractivity contribution in [1.29, 1.82) is 0 Å². The Hall–Kier alpha value is -1.39. The largest absolute Gasteiger partial charge is 0.309 e. The molecule has 2 nitrogen and oxygen atoms in total. The van der Waals surface area contributed by atoms with Crippen LogP contribution in [0.3, 0.4) is 0 Å². The molecular formula is C16H19FN2S. The Labute approximate surface area is 123 Å². The van der Waals surface area contributed by atoms with Crippen molar-refractivity contribution in [1.82, 2.24) is 10.3 Å². The summed E-state index contributed by atoms with van der Waals surface area (Å²) in [4.78, 5) is 5.05. The Kier molecular flexibility index (Phi) is 5.56. The summed E-state index contributed by atoms with van der Waals surface area (Å²) in [6.07, 6.45) is 2.92. The Morgan fingerprint density at radius 1 is 1.30 bits per heavy atom.